The SMILES string of the molecule is C#CCC(CCC[CH2])SC. The average molecular weight is 155 g/mol. The van der Waals surface area contributed by atoms with Crippen LogP contribution in [0.1, 0.15) is 25.7 Å². The van der Waals surface area contributed by atoms with Crippen LogP contribution < -0.4 is 0 Å². The lowest BCUT2D eigenvalue weighted by Crippen LogP contribution is -1.99. The fourth-order valence-electron chi connectivity index (χ4n) is 0.807. The van der Waals surface area contributed by atoms with E-state index in [9.17, 15) is 0 Å². The van der Waals surface area contributed by atoms with Crippen LogP contribution in [0.5, 0.6) is 0 Å². The molecule has 1 radical (unpaired) electrons. The van der Waals surface area contributed by atoms with E-state index in [4.69, 9.17) is 6.42 Å². The molecule has 0 aromatic carbocycles. The Kier molecular flexibility index (Phi) is 6.96. The highest BCUT2D eigenvalue weighted by Gasteiger charge is 2.02. The summed E-state index contributed by atoms with van der Waals surface area (Å²) in [6, 6.07) is 0. The molecule has 0 spiro atoms. The Morgan fingerprint density at radius 1 is 1.70 bits per heavy atom. The van der Waals surface area contributed by atoms with Crippen molar-refractivity contribution in [2.45, 2.75) is 30.9 Å². The first-order chi connectivity index (χ1) is 4.85. The zero-order chi connectivity index (χ0) is 7.82. The molecule has 0 aliphatic carbocycles. The maximum Gasteiger partial charge on any atom is 0.0205 e. The molecule has 0 saturated heterocycles. The Bertz CT molecular complexity index is 102. The van der Waals surface area contributed by atoms with Crippen LogP contribution in [0.25, 0.3) is 0 Å². The highest BCUT2D eigenvalue weighted by atomic mass is 32.2. The molecule has 0 N–H and O–H groups in total. The van der Waals surface area contributed by atoms with E-state index >= 15 is 0 Å². The van der Waals surface area contributed by atoms with E-state index < -0.39 is 0 Å². The normalized spacial score (nSPS) is 12.5. The molecule has 0 aliphatic rings. The quantitative estimate of drug-likeness (QED) is 0.550. The van der Waals surface area contributed by atoms with E-state index in [-0.39, 0.29) is 0 Å². The zero-order valence-electron chi connectivity index (χ0n) is 6.60. The Morgan fingerprint density at radius 3 is 2.80 bits per heavy atom. The summed E-state index contributed by atoms with van der Waals surface area (Å²) in [6.45, 7) is 3.79. The summed E-state index contributed by atoms with van der Waals surface area (Å²) in [5.41, 5.74) is 0. The van der Waals surface area contributed by atoms with Gasteiger partial charge in [-0.25, -0.2) is 0 Å². The Hall–Kier alpha value is -0.0900. The van der Waals surface area contributed by atoms with Crippen LogP contribution >= 0.6 is 11.8 Å². The van der Waals surface area contributed by atoms with Gasteiger partial charge in [-0.05, 0) is 12.7 Å². The lowest BCUT2D eigenvalue weighted by atomic mass is 10.1. The van der Waals surface area contributed by atoms with Crippen LogP contribution in [-0.4, -0.2) is 11.5 Å². The van der Waals surface area contributed by atoms with Gasteiger partial charge in [0.25, 0.3) is 0 Å². The highest BCUT2D eigenvalue weighted by Crippen LogP contribution is 2.16. The first kappa shape index (κ1) is 9.91. The molecule has 0 saturated carbocycles. The van der Waals surface area contributed by atoms with Gasteiger partial charge in [0.15, 0.2) is 0 Å². The van der Waals surface area contributed by atoms with Crippen LogP contribution in [0.3, 0.4) is 0 Å². The molecule has 0 aromatic rings. The van der Waals surface area contributed by atoms with Gasteiger partial charge in [-0.2, -0.15) is 11.8 Å². The van der Waals surface area contributed by atoms with Crippen LogP contribution in [0, 0.1) is 19.3 Å². The number of unbranched alkanes of at least 4 members (excludes halogenated alkanes) is 1. The molecule has 0 nitrogen and oxygen atoms in total. The maximum absolute atomic E-state index is 5.20. The Balaban J connectivity index is 3.32. The summed E-state index contributed by atoms with van der Waals surface area (Å²) >= 11 is 1.86. The molecule has 1 atom stereocenters. The molecule has 57 valence electrons. The number of hydrogen-bond acceptors (Lipinski definition) is 1. The third-order valence-corrected chi connectivity index (χ3v) is 2.52. The van der Waals surface area contributed by atoms with Crippen molar-refractivity contribution >= 4 is 11.8 Å². The van der Waals surface area contributed by atoms with Crippen molar-refractivity contribution in [3.8, 4) is 12.3 Å². The Morgan fingerprint density at radius 2 is 2.40 bits per heavy atom. The topological polar surface area (TPSA) is 0 Å². The van der Waals surface area contributed by atoms with Crippen LogP contribution in [0.2, 0.25) is 0 Å². The molecule has 0 aliphatic heterocycles. The van der Waals surface area contributed by atoms with Crippen LogP contribution in [-0.2, 0) is 0 Å². The summed E-state index contributed by atoms with van der Waals surface area (Å²) < 4.78 is 0. The minimum Gasteiger partial charge on any atom is -0.161 e. The highest BCUT2D eigenvalue weighted by molar-refractivity contribution is 7.99. The van der Waals surface area contributed by atoms with E-state index in [0.717, 1.165) is 12.8 Å². The van der Waals surface area contributed by atoms with Gasteiger partial charge in [0.1, 0.15) is 0 Å². The summed E-state index contributed by atoms with van der Waals surface area (Å²) in [6.07, 6.45) is 11.7. The van der Waals surface area contributed by atoms with E-state index in [0.29, 0.717) is 5.25 Å². The van der Waals surface area contributed by atoms with Crippen LogP contribution in [0.4, 0.5) is 0 Å². The van der Waals surface area contributed by atoms with E-state index in [1.165, 1.54) is 12.8 Å². The van der Waals surface area contributed by atoms with Crippen molar-refractivity contribution in [1.82, 2.24) is 0 Å². The van der Waals surface area contributed by atoms with Crippen molar-refractivity contribution in [1.29, 1.82) is 0 Å². The average Bonchev–Trinajstić information content (AvgIpc) is 1.98. The lowest BCUT2D eigenvalue weighted by molar-refractivity contribution is 0.717. The van der Waals surface area contributed by atoms with Crippen molar-refractivity contribution in [3.63, 3.8) is 0 Å². The van der Waals surface area contributed by atoms with Gasteiger partial charge >= 0.3 is 0 Å². The predicted molar refractivity (Wildman–Crippen MR) is 50.0 cm³/mol. The molecule has 1 unspecified atom stereocenters. The second-order valence-corrected chi connectivity index (χ2v) is 3.40. The molecule has 0 fully saturated rings. The van der Waals surface area contributed by atoms with Crippen molar-refractivity contribution < 1.29 is 0 Å². The van der Waals surface area contributed by atoms with Gasteiger partial charge < -0.3 is 0 Å². The van der Waals surface area contributed by atoms with Gasteiger partial charge in [-0.3, -0.25) is 0 Å². The summed E-state index contributed by atoms with van der Waals surface area (Å²) in [7, 11) is 0. The van der Waals surface area contributed by atoms with Crippen molar-refractivity contribution in [2.75, 3.05) is 6.26 Å². The first-order valence-corrected chi connectivity index (χ1v) is 4.89. The standard InChI is InChI=1S/C9H15S/c1-4-6-8-9(10-3)7-5-2/h2,9H,1,4,6-8H2,3H3. The second-order valence-electron chi connectivity index (χ2n) is 2.26. The van der Waals surface area contributed by atoms with Gasteiger partial charge in [-0.1, -0.05) is 19.8 Å². The fourth-order valence-corrected chi connectivity index (χ4v) is 1.47. The largest absolute Gasteiger partial charge is 0.161 e. The molecular formula is C9H15S. The van der Waals surface area contributed by atoms with Crippen molar-refractivity contribution in [3.05, 3.63) is 6.92 Å². The third kappa shape index (κ3) is 4.76. The first-order valence-electron chi connectivity index (χ1n) is 3.60. The zero-order valence-corrected chi connectivity index (χ0v) is 7.41. The second kappa shape index (κ2) is 7.02. The molecular weight excluding hydrogens is 140 g/mol. The van der Waals surface area contributed by atoms with Gasteiger partial charge in [0.2, 0.25) is 0 Å². The smallest absolute Gasteiger partial charge is 0.0205 e. The third-order valence-electron chi connectivity index (χ3n) is 1.45. The van der Waals surface area contributed by atoms with Gasteiger partial charge in [0, 0.05) is 11.7 Å². The number of rotatable bonds is 5. The fraction of sp³-hybridized carbons (Fsp3) is 0.667. The monoisotopic (exact) mass is 155 g/mol. The molecule has 0 rings (SSSR count). The molecule has 0 aromatic heterocycles. The summed E-state index contributed by atoms with van der Waals surface area (Å²) in [5, 5.41) is 0.659. The minimum atomic E-state index is 0.659. The molecule has 0 bridgehead atoms. The Labute approximate surface area is 68.8 Å². The number of terminal acetylenes is 1. The van der Waals surface area contributed by atoms with Crippen LogP contribution in [0.15, 0.2) is 0 Å². The molecule has 0 heterocycles. The summed E-state index contributed by atoms with van der Waals surface area (Å²) in [5.74, 6) is 2.69. The van der Waals surface area contributed by atoms with Gasteiger partial charge in [-0.15, -0.1) is 12.3 Å². The van der Waals surface area contributed by atoms with E-state index in [2.05, 4.69) is 19.1 Å². The molecule has 1 heteroatoms. The predicted octanol–water partition coefficient (Wildman–Crippen LogP) is 2.75. The van der Waals surface area contributed by atoms with E-state index in [1.54, 1.807) is 0 Å². The lowest BCUT2D eigenvalue weighted by Gasteiger charge is -2.08. The minimum absolute atomic E-state index is 0.659. The van der Waals surface area contributed by atoms with E-state index in [1.807, 2.05) is 11.8 Å². The number of hydrogen-bond donors (Lipinski definition) is 0. The molecule has 0 amide bonds. The molecule has 10 heavy (non-hydrogen) atoms. The maximum atomic E-state index is 5.20. The summed E-state index contributed by atoms with van der Waals surface area (Å²) in [4.78, 5) is 0. The van der Waals surface area contributed by atoms with Crippen molar-refractivity contribution in [2.24, 2.45) is 0 Å². The number of thioether (sulfide) groups is 1. The van der Waals surface area contributed by atoms with Gasteiger partial charge in [0.05, 0.1) is 0 Å².